The first kappa shape index (κ1) is 11.2. The number of aromatic nitrogens is 1. The van der Waals surface area contributed by atoms with Crippen LogP contribution in [0.15, 0.2) is 12.1 Å². The first-order chi connectivity index (χ1) is 7.61. The zero-order valence-corrected chi connectivity index (χ0v) is 9.74. The van der Waals surface area contributed by atoms with Crippen molar-refractivity contribution in [2.24, 2.45) is 0 Å². The number of hydrogen-bond acceptors (Lipinski definition) is 3. The van der Waals surface area contributed by atoms with Crippen LogP contribution in [0.3, 0.4) is 0 Å². The van der Waals surface area contributed by atoms with Gasteiger partial charge in [0.25, 0.3) is 0 Å². The van der Waals surface area contributed by atoms with Crippen LogP contribution in [0.4, 0.5) is 5.82 Å². The number of rotatable bonds is 4. The lowest BCUT2D eigenvalue weighted by molar-refractivity contribution is 0.0697. The van der Waals surface area contributed by atoms with E-state index in [2.05, 4.69) is 9.88 Å². The van der Waals surface area contributed by atoms with Gasteiger partial charge in [0.2, 0.25) is 0 Å². The molecule has 4 nitrogen and oxygen atoms in total. The van der Waals surface area contributed by atoms with E-state index in [1.807, 2.05) is 6.92 Å². The monoisotopic (exact) mass is 240 g/mol. The van der Waals surface area contributed by atoms with Gasteiger partial charge in [-0.25, -0.2) is 9.78 Å². The molecule has 1 N–H and O–H groups in total. The van der Waals surface area contributed by atoms with Crippen molar-refractivity contribution >= 4 is 23.4 Å². The zero-order valence-electron chi connectivity index (χ0n) is 8.98. The summed E-state index contributed by atoms with van der Waals surface area (Å²) in [6.07, 6.45) is 2.29. The molecule has 1 aromatic heterocycles. The second kappa shape index (κ2) is 4.29. The lowest BCUT2D eigenvalue weighted by Gasteiger charge is -2.21. The summed E-state index contributed by atoms with van der Waals surface area (Å²) >= 11 is 5.82. The van der Waals surface area contributed by atoms with Crippen LogP contribution in [-0.4, -0.2) is 28.6 Å². The van der Waals surface area contributed by atoms with Crippen LogP contribution in [0.5, 0.6) is 0 Å². The van der Waals surface area contributed by atoms with E-state index < -0.39 is 5.97 Å². The number of hydrogen-bond donors (Lipinski definition) is 1. The summed E-state index contributed by atoms with van der Waals surface area (Å²) in [6, 6.07) is 3.45. The Hall–Kier alpha value is -1.29. The topological polar surface area (TPSA) is 53.4 Å². The molecule has 0 amide bonds. The average Bonchev–Trinajstić information content (AvgIpc) is 3.02. The SMILES string of the molecule is CCN(c1cc(C(=O)O)cc(Cl)n1)C1CC1. The van der Waals surface area contributed by atoms with Gasteiger partial charge in [0.1, 0.15) is 11.0 Å². The molecule has 2 rings (SSSR count). The predicted molar refractivity (Wildman–Crippen MR) is 62.2 cm³/mol. The number of carbonyl (C=O) groups is 1. The first-order valence-corrected chi connectivity index (χ1v) is 5.67. The van der Waals surface area contributed by atoms with Crippen molar-refractivity contribution in [1.29, 1.82) is 0 Å². The van der Waals surface area contributed by atoms with Crippen LogP contribution in [0.25, 0.3) is 0 Å². The van der Waals surface area contributed by atoms with Crippen molar-refractivity contribution in [1.82, 2.24) is 4.98 Å². The second-order valence-electron chi connectivity index (χ2n) is 3.86. The molecule has 1 fully saturated rings. The van der Waals surface area contributed by atoms with Crippen LogP contribution < -0.4 is 4.90 Å². The Bertz CT molecular complexity index is 418. The molecule has 0 aromatic carbocycles. The van der Waals surface area contributed by atoms with Crippen LogP contribution in [-0.2, 0) is 0 Å². The van der Waals surface area contributed by atoms with Crippen molar-refractivity contribution in [3.8, 4) is 0 Å². The fourth-order valence-electron chi connectivity index (χ4n) is 1.75. The van der Waals surface area contributed by atoms with E-state index in [-0.39, 0.29) is 10.7 Å². The molecule has 1 saturated carbocycles. The van der Waals surface area contributed by atoms with Gasteiger partial charge in [-0.3, -0.25) is 0 Å². The highest BCUT2D eigenvalue weighted by Crippen LogP contribution is 2.31. The molecule has 0 atom stereocenters. The highest BCUT2D eigenvalue weighted by Gasteiger charge is 2.29. The summed E-state index contributed by atoms with van der Waals surface area (Å²) in [5.74, 6) is -0.313. The number of aromatic carboxylic acids is 1. The smallest absolute Gasteiger partial charge is 0.335 e. The highest BCUT2D eigenvalue weighted by molar-refractivity contribution is 6.29. The molecule has 0 radical (unpaired) electrons. The standard InChI is InChI=1S/C11H13ClN2O2/c1-2-14(8-3-4-8)10-6-7(11(15)16)5-9(12)13-10/h5-6,8H,2-4H2,1H3,(H,15,16). The summed E-state index contributed by atoms with van der Waals surface area (Å²) < 4.78 is 0. The van der Waals surface area contributed by atoms with Gasteiger partial charge in [0.15, 0.2) is 0 Å². The van der Waals surface area contributed by atoms with E-state index in [9.17, 15) is 4.79 Å². The Balaban J connectivity index is 2.35. The molecule has 5 heteroatoms. The molecule has 86 valence electrons. The van der Waals surface area contributed by atoms with E-state index in [0.717, 1.165) is 19.4 Å². The molecule has 16 heavy (non-hydrogen) atoms. The maximum absolute atomic E-state index is 10.9. The van der Waals surface area contributed by atoms with E-state index in [4.69, 9.17) is 16.7 Å². The molecule has 1 heterocycles. The Labute approximate surface area is 98.9 Å². The number of carboxylic acid groups (broad SMARTS) is 1. The Morgan fingerprint density at radius 2 is 2.31 bits per heavy atom. The summed E-state index contributed by atoms with van der Waals surface area (Å²) in [6.45, 7) is 2.85. The van der Waals surface area contributed by atoms with Gasteiger partial charge in [-0.2, -0.15) is 0 Å². The van der Waals surface area contributed by atoms with Gasteiger partial charge in [0.05, 0.1) is 5.56 Å². The Kier molecular flexibility index (Phi) is 3.01. The average molecular weight is 241 g/mol. The predicted octanol–water partition coefficient (Wildman–Crippen LogP) is 2.42. The van der Waals surface area contributed by atoms with Gasteiger partial charge in [0, 0.05) is 12.6 Å². The number of nitrogens with zero attached hydrogens (tertiary/aromatic N) is 2. The molecule has 0 saturated heterocycles. The highest BCUT2D eigenvalue weighted by atomic mass is 35.5. The fraction of sp³-hybridized carbons (Fsp3) is 0.455. The third kappa shape index (κ3) is 2.27. The largest absolute Gasteiger partial charge is 0.478 e. The molecule has 1 aliphatic carbocycles. The zero-order chi connectivity index (χ0) is 11.7. The lowest BCUT2D eigenvalue weighted by atomic mass is 10.2. The van der Waals surface area contributed by atoms with Crippen molar-refractivity contribution in [2.45, 2.75) is 25.8 Å². The molecule has 0 spiro atoms. The Morgan fingerprint density at radius 3 is 2.81 bits per heavy atom. The van der Waals surface area contributed by atoms with Crippen molar-refractivity contribution in [3.63, 3.8) is 0 Å². The number of anilines is 1. The van der Waals surface area contributed by atoms with Gasteiger partial charge in [-0.1, -0.05) is 11.6 Å². The Morgan fingerprint density at radius 1 is 1.62 bits per heavy atom. The molecule has 1 aromatic rings. The van der Waals surface area contributed by atoms with Gasteiger partial charge >= 0.3 is 5.97 Å². The molecule has 1 aliphatic rings. The summed E-state index contributed by atoms with van der Waals surface area (Å²) in [7, 11) is 0. The number of carboxylic acids is 1. The third-order valence-corrected chi connectivity index (χ3v) is 2.84. The molecule has 0 bridgehead atoms. The molecular weight excluding hydrogens is 228 g/mol. The molecule has 0 aliphatic heterocycles. The maximum Gasteiger partial charge on any atom is 0.335 e. The van der Waals surface area contributed by atoms with Gasteiger partial charge in [-0.05, 0) is 31.9 Å². The van der Waals surface area contributed by atoms with Gasteiger partial charge in [-0.15, -0.1) is 0 Å². The minimum atomic E-state index is -0.975. The minimum Gasteiger partial charge on any atom is -0.478 e. The normalized spacial score (nSPS) is 14.9. The lowest BCUT2D eigenvalue weighted by Crippen LogP contribution is -2.26. The minimum absolute atomic E-state index is 0.189. The van der Waals surface area contributed by atoms with Crippen molar-refractivity contribution in [3.05, 3.63) is 22.8 Å². The quantitative estimate of drug-likeness (QED) is 0.822. The van der Waals surface area contributed by atoms with Gasteiger partial charge < -0.3 is 10.0 Å². The summed E-state index contributed by atoms with van der Waals surface area (Å²) in [4.78, 5) is 17.2. The number of pyridine rings is 1. The molecule has 0 unspecified atom stereocenters. The van der Waals surface area contributed by atoms with E-state index in [1.165, 1.54) is 6.07 Å². The second-order valence-corrected chi connectivity index (χ2v) is 4.25. The van der Waals surface area contributed by atoms with E-state index in [1.54, 1.807) is 6.07 Å². The summed E-state index contributed by atoms with van der Waals surface area (Å²) in [5, 5.41) is 9.17. The van der Waals surface area contributed by atoms with Crippen LogP contribution >= 0.6 is 11.6 Å². The van der Waals surface area contributed by atoms with Crippen molar-refractivity contribution in [2.75, 3.05) is 11.4 Å². The fourth-order valence-corrected chi connectivity index (χ4v) is 1.95. The first-order valence-electron chi connectivity index (χ1n) is 5.29. The maximum atomic E-state index is 10.9. The van der Waals surface area contributed by atoms with Crippen LogP contribution in [0.2, 0.25) is 5.15 Å². The number of halogens is 1. The summed E-state index contributed by atoms with van der Waals surface area (Å²) in [5.41, 5.74) is 0.189. The van der Waals surface area contributed by atoms with E-state index in [0.29, 0.717) is 11.9 Å². The van der Waals surface area contributed by atoms with Crippen LogP contribution in [0.1, 0.15) is 30.1 Å². The van der Waals surface area contributed by atoms with E-state index >= 15 is 0 Å². The van der Waals surface area contributed by atoms with Crippen molar-refractivity contribution < 1.29 is 9.90 Å². The third-order valence-electron chi connectivity index (χ3n) is 2.65. The molecular formula is C11H13ClN2O2. The van der Waals surface area contributed by atoms with Crippen LogP contribution in [0, 0.1) is 0 Å².